The smallest absolute Gasteiger partial charge is 0.189 e. The van der Waals surface area contributed by atoms with Gasteiger partial charge >= 0.3 is 0 Å². The summed E-state index contributed by atoms with van der Waals surface area (Å²) in [7, 11) is 0. The van der Waals surface area contributed by atoms with E-state index in [1.807, 2.05) is 13.0 Å². The predicted octanol–water partition coefficient (Wildman–Crippen LogP) is 2.78. The first kappa shape index (κ1) is 16.3. The van der Waals surface area contributed by atoms with Crippen LogP contribution in [0, 0.1) is 5.92 Å². The van der Waals surface area contributed by atoms with Crippen molar-refractivity contribution in [3.05, 3.63) is 36.1 Å². The maximum atomic E-state index is 5.64. The molecule has 3 atom stereocenters. The van der Waals surface area contributed by atoms with E-state index in [1.54, 1.807) is 0 Å². The maximum absolute atomic E-state index is 5.64. The zero-order valence-corrected chi connectivity index (χ0v) is 13.1. The summed E-state index contributed by atoms with van der Waals surface area (Å²) in [5.41, 5.74) is 1.25. The van der Waals surface area contributed by atoms with Crippen LogP contribution in [0.3, 0.4) is 0 Å². The molecular formula is C17H27NO3. The Morgan fingerprint density at radius 1 is 1.52 bits per heavy atom. The fourth-order valence-electron chi connectivity index (χ4n) is 2.73. The second-order valence-electron chi connectivity index (χ2n) is 5.63. The van der Waals surface area contributed by atoms with Crippen molar-refractivity contribution in [3.63, 3.8) is 0 Å². The first-order valence-corrected chi connectivity index (χ1v) is 7.84. The molecule has 0 amide bonds. The minimum atomic E-state index is 0.0382. The van der Waals surface area contributed by atoms with E-state index in [1.165, 1.54) is 5.57 Å². The fraction of sp³-hybridized carbons (Fsp3) is 0.647. The molecule has 2 unspecified atom stereocenters. The highest BCUT2D eigenvalue weighted by molar-refractivity contribution is 5.30. The third-order valence-corrected chi connectivity index (χ3v) is 3.92. The van der Waals surface area contributed by atoms with Crippen molar-refractivity contribution in [2.75, 3.05) is 26.6 Å². The normalized spacial score (nSPS) is 31.6. The van der Waals surface area contributed by atoms with Crippen LogP contribution in [0.5, 0.6) is 0 Å². The van der Waals surface area contributed by atoms with Crippen molar-refractivity contribution in [1.29, 1.82) is 0 Å². The molecule has 2 aliphatic rings. The molecule has 2 heterocycles. The minimum absolute atomic E-state index is 0.0382. The van der Waals surface area contributed by atoms with E-state index >= 15 is 0 Å². The van der Waals surface area contributed by atoms with Gasteiger partial charge in [0.2, 0.25) is 0 Å². The van der Waals surface area contributed by atoms with Crippen molar-refractivity contribution < 1.29 is 14.2 Å². The first-order chi connectivity index (χ1) is 10.2. The van der Waals surface area contributed by atoms with Gasteiger partial charge in [0, 0.05) is 19.2 Å². The quantitative estimate of drug-likeness (QED) is 0.579. The van der Waals surface area contributed by atoms with Gasteiger partial charge in [0.05, 0.1) is 6.61 Å². The summed E-state index contributed by atoms with van der Waals surface area (Å²) >= 11 is 0. The molecule has 0 spiro atoms. The summed E-state index contributed by atoms with van der Waals surface area (Å²) in [6, 6.07) is 0.436. The summed E-state index contributed by atoms with van der Waals surface area (Å²) in [4.78, 5) is 0. The van der Waals surface area contributed by atoms with Gasteiger partial charge in [-0.1, -0.05) is 25.7 Å². The van der Waals surface area contributed by atoms with Crippen LogP contribution in [0.4, 0.5) is 0 Å². The SMILES string of the molecule is C=C/C=C(\C=C1\OCOC1C)[C@H]1CNC(COCCC)C1. The Bertz CT molecular complexity index is 403. The van der Waals surface area contributed by atoms with Crippen LogP contribution in [-0.4, -0.2) is 38.7 Å². The Morgan fingerprint density at radius 2 is 2.38 bits per heavy atom. The minimum Gasteiger partial charge on any atom is -0.469 e. The number of rotatable bonds is 7. The third-order valence-electron chi connectivity index (χ3n) is 3.92. The Balaban J connectivity index is 1.94. The molecule has 0 aromatic carbocycles. The summed E-state index contributed by atoms with van der Waals surface area (Å²) in [6.45, 7) is 10.9. The van der Waals surface area contributed by atoms with Crippen LogP contribution in [0.25, 0.3) is 0 Å². The molecule has 4 heteroatoms. The highest BCUT2D eigenvalue weighted by atomic mass is 16.7. The van der Waals surface area contributed by atoms with Crippen molar-refractivity contribution >= 4 is 0 Å². The van der Waals surface area contributed by atoms with Gasteiger partial charge in [0.1, 0.15) is 11.9 Å². The van der Waals surface area contributed by atoms with E-state index in [2.05, 4.69) is 31.0 Å². The molecule has 118 valence electrons. The highest BCUT2D eigenvalue weighted by Gasteiger charge is 2.27. The molecule has 0 aromatic rings. The van der Waals surface area contributed by atoms with E-state index in [9.17, 15) is 0 Å². The van der Waals surface area contributed by atoms with Crippen LogP contribution in [0.2, 0.25) is 0 Å². The molecule has 0 radical (unpaired) electrons. The molecule has 2 saturated heterocycles. The van der Waals surface area contributed by atoms with Gasteiger partial charge < -0.3 is 19.5 Å². The predicted molar refractivity (Wildman–Crippen MR) is 83.9 cm³/mol. The first-order valence-electron chi connectivity index (χ1n) is 7.84. The van der Waals surface area contributed by atoms with E-state index in [0.717, 1.165) is 38.4 Å². The molecule has 0 aliphatic carbocycles. The van der Waals surface area contributed by atoms with Crippen LogP contribution in [-0.2, 0) is 14.2 Å². The molecule has 0 bridgehead atoms. The average Bonchev–Trinajstić information content (AvgIpc) is 3.09. The van der Waals surface area contributed by atoms with E-state index in [0.29, 0.717) is 18.8 Å². The van der Waals surface area contributed by atoms with Crippen LogP contribution in [0.1, 0.15) is 26.7 Å². The number of allylic oxidation sites excluding steroid dienone is 3. The van der Waals surface area contributed by atoms with Crippen molar-refractivity contribution in [2.24, 2.45) is 5.92 Å². The Kier molecular flexibility index (Phi) is 6.49. The second-order valence-corrected chi connectivity index (χ2v) is 5.63. The van der Waals surface area contributed by atoms with Gasteiger partial charge in [-0.05, 0) is 37.3 Å². The summed E-state index contributed by atoms with van der Waals surface area (Å²) in [5, 5.41) is 3.54. The maximum Gasteiger partial charge on any atom is 0.189 e. The third kappa shape index (κ3) is 4.70. The molecule has 4 nitrogen and oxygen atoms in total. The summed E-state index contributed by atoms with van der Waals surface area (Å²) < 4.78 is 16.6. The molecule has 2 aliphatic heterocycles. The largest absolute Gasteiger partial charge is 0.469 e. The van der Waals surface area contributed by atoms with Gasteiger partial charge in [-0.3, -0.25) is 0 Å². The van der Waals surface area contributed by atoms with Gasteiger partial charge in [0.15, 0.2) is 6.79 Å². The summed E-state index contributed by atoms with van der Waals surface area (Å²) in [6.07, 6.45) is 8.22. The molecule has 1 N–H and O–H groups in total. The van der Waals surface area contributed by atoms with Gasteiger partial charge in [-0.25, -0.2) is 0 Å². The number of hydrogen-bond donors (Lipinski definition) is 1. The van der Waals surface area contributed by atoms with E-state index in [-0.39, 0.29) is 6.10 Å². The van der Waals surface area contributed by atoms with E-state index < -0.39 is 0 Å². The van der Waals surface area contributed by atoms with Crippen molar-refractivity contribution in [3.8, 4) is 0 Å². The van der Waals surface area contributed by atoms with Crippen LogP contribution >= 0.6 is 0 Å². The zero-order chi connectivity index (χ0) is 15.1. The average molecular weight is 293 g/mol. The van der Waals surface area contributed by atoms with E-state index in [4.69, 9.17) is 14.2 Å². The molecular weight excluding hydrogens is 266 g/mol. The van der Waals surface area contributed by atoms with Crippen LogP contribution < -0.4 is 5.32 Å². The lowest BCUT2D eigenvalue weighted by Gasteiger charge is -2.13. The molecule has 2 rings (SSSR count). The van der Waals surface area contributed by atoms with Crippen molar-refractivity contribution in [1.82, 2.24) is 5.32 Å². The monoisotopic (exact) mass is 293 g/mol. The Labute approximate surface area is 127 Å². The van der Waals surface area contributed by atoms with Gasteiger partial charge in [0.25, 0.3) is 0 Å². The molecule has 0 saturated carbocycles. The fourth-order valence-corrected chi connectivity index (χ4v) is 2.73. The Hall–Kier alpha value is -1.10. The lowest BCUT2D eigenvalue weighted by Crippen LogP contribution is -2.26. The second kappa shape index (κ2) is 8.37. The highest BCUT2D eigenvalue weighted by Crippen LogP contribution is 2.27. The zero-order valence-electron chi connectivity index (χ0n) is 13.1. The molecule has 0 aromatic heterocycles. The summed E-state index contributed by atoms with van der Waals surface area (Å²) in [5.74, 6) is 1.39. The Morgan fingerprint density at radius 3 is 3.05 bits per heavy atom. The lowest BCUT2D eigenvalue weighted by molar-refractivity contribution is 0.0553. The lowest BCUT2D eigenvalue weighted by atomic mass is 9.94. The number of nitrogens with one attached hydrogen (secondary N) is 1. The topological polar surface area (TPSA) is 39.7 Å². The number of hydrogen-bond acceptors (Lipinski definition) is 4. The van der Waals surface area contributed by atoms with Crippen LogP contribution in [0.15, 0.2) is 36.1 Å². The van der Waals surface area contributed by atoms with Gasteiger partial charge in [-0.2, -0.15) is 0 Å². The standard InChI is InChI=1S/C17H27NO3/c1-4-6-14(9-17-13(3)20-12-21-17)15-8-16(18-10-15)11-19-7-5-2/h4,6,9,13,15-16,18H,1,5,7-8,10-12H2,2-3H3/b14-6+,17-9+/t13?,15-,16?/m1/s1. The van der Waals surface area contributed by atoms with Gasteiger partial charge in [-0.15, -0.1) is 0 Å². The van der Waals surface area contributed by atoms with Crippen molar-refractivity contribution in [2.45, 2.75) is 38.8 Å². The number of ether oxygens (including phenoxy) is 3. The molecule has 21 heavy (non-hydrogen) atoms. The molecule has 2 fully saturated rings.